The van der Waals surface area contributed by atoms with Gasteiger partial charge in [-0.1, -0.05) is 42.2 Å². The van der Waals surface area contributed by atoms with Crippen LogP contribution < -0.4 is 0 Å². The van der Waals surface area contributed by atoms with Crippen LogP contribution in [0.25, 0.3) is 12.2 Å². The first kappa shape index (κ1) is 17.5. The molecule has 0 spiro atoms. The normalized spacial score (nSPS) is 11.3. The number of hydrogen-bond acceptors (Lipinski definition) is 5. The Morgan fingerprint density at radius 1 is 1.26 bits per heavy atom. The molecule has 23 heavy (non-hydrogen) atoms. The van der Waals surface area contributed by atoms with E-state index in [1.54, 1.807) is 12.2 Å². The van der Waals surface area contributed by atoms with E-state index in [2.05, 4.69) is 10.1 Å². The molecule has 0 aliphatic heterocycles. The molecule has 0 aliphatic carbocycles. The van der Waals surface area contributed by atoms with E-state index in [0.717, 1.165) is 12.8 Å². The van der Waals surface area contributed by atoms with Crippen molar-refractivity contribution in [3.63, 3.8) is 0 Å². The van der Waals surface area contributed by atoms with Crippen LogP contribution in [0.3, 0.4) is 0 Å². The molecule has 0 aromatic carbocycles. The van der Waals surface area contributed by atoms with Crippen LogP contribution in [0.2, 0.25) is 10.0 Å². The van der Waals surface area contributed by atoms with Crippen molar-refractivity contribution in [2.75, 3.05) is 0 Å². The second-order valence-corrected chi connectivity index (χ2v) is 5.62. The highest BCUT2D eigenvalue weighted by Crippen LogP contribution is 2.25. The Morgan fingerprint density at radius 3 is 2.52 bits per heavy atom. The molecule has 5 nitrogen and oxygen atoms in total. The Balaban J connectivity index is 2.10. The van der Waals surface area contributed by atoms with Crippen molar-refractivity contribution in [1.29, 1.82) is 0 Å². The summed E-state index contributed by atoms with van der Waals surface area (Å²) in [6.45, 7) is 3.92. The Labute approximate surface area is 144 Å². The van der Waals surface area contributed by atoms with Crippen molar-refractivity contribution in [3.8, 4) is 0 Å². The maximum absolute atomic E-state index is 11.9. The van der Waals surface area contributed by atoms with Gasteiger partial charge in [0.05, 0.1) is 10.0 Å². The summed E-state index contributed by atoms with van der Waals surface area (Å²) in [6.07, 6.45) is 7.67. The Hall–Kier alpha value is -1.85. The molecule has 122 valence electrons. The Kier molecular flexibility index (Phi) is 6.19. The maximum Gasteiger partial charge on any atom is 0.360 e. The minimum atomic E-state index is -0.498. The summed E-state index contributed by atoms with van der Waals surface area (Å²) in [4.78, 5) is 15.8. The lowest BCUT2D eigenvalue weighted by Gasteiger charge is -2.12. The molecule has 2 aromatic heterocycles. The van der Waals surface area contributed by atoms with Crippen LogP contribution in [0.4, 0.5) is 0 Å². The summed E-state index contributed by atoms with van der Waals surface area (Å²) in [5.74, 6) is -0.104. The number of carbonyl (C=O) groups excluding carboxylic acids is 1. The van der Waals surface area contributed by atoms with Gasteiger partial charge in [0, 0.05) is 24.0 Å². The predicted octanol–water partition coefficient (Wildman–Crippen LogP) is 4.89. The van der Waals surface area contributed by atoms with E-state index in [9.17, 15) is 4.79 Å². The minimum absolute atomic E-state index is 0.118. The molecule has 0 saturated carbocycles. The zero-order chi connectivity index (χ0) is 16.8. The number of halogens is 2. The first-order valence-corrected chi connectivity index (χ1v) is 7.95. The highest BCUT2D eigenvalue weighted by atomic mass is 35.5. The van der Waals surface area contributed by atoms with Crippen LogP contribution in [-0.2, 0) is 4.74 Å². The van der Waals surface area contributed by atoms with Crippen molar-refractivity contribution < 1.29 is 14.1 Å². The molecule has 0 amide bonds. The average Bonchev–Trinajstić information content (AvgIpc) is 3.01. The fraction of sp³-hybridized carbons (Fsp3) is 0.312. The molecule has 2 rings (SSSR count). The molecule has 2 heterocycles. The van der Waals surface area contributed by atoms with Gasteiger partial charge in [0.25, 0.3) is 0 Å². The average molecular weight is 355 g/mol. The topological polar surface area (TPSA) is 65.2 Å². The number of aromatic nitrogens is 2. The summed E-state index contributed by atoms with van der Waals surface area (Å²) in [5, 5.41) is 4.55. The number of pyridine rings is 1. The van der Waals surface area contributed by atoms with Crippen molar-refractivity contribution in [2.24, 2.45) is 0 Å². The van der Waals surface area contributed by atoms with Crippen LogP contribution in [0.1, 0.15) is 48.5 Å². The third-order valence-electron chi connectivity index (χ3n) is 3.23. The summed E-state index contributed by atoms with van der Waals surface area (Å²) >= 11 is 12.0. The first-order chi connectivity index (χ1) is 11.0. The number of rotatable bonds is 6. The van der Waals surface area contributed by atoms with E-state index in [0.29, 0.717) is 21.4 Å². The standard InChI is InChI=1S/C16H16Cl2N2O3/c1-3-10(4-2)22-16(21)15-7-11(23-20-15)5-6-12-13(17)8-19-9-14(12)18/h5-10H,3-4H2,1-2H3/b6-5+. The lowest BCUT2D eigenvalue weighted by atomic mass is 10.2. The molecule has 0 saturated heterocycles. The van der Waals surface area contributed by atoms with Crippen molar-refractivity contribution in [2.45, 2.75) is 32.8 Å². The smallest absolute Gasteiger partial charge is 0.360 e. The molecular weight excluding hydrogens is 339 g/mol. The van der Waals surface area contributed by atoms with Crippen molar-refractivity contribution in [1.82, 2.24) is 10.1 Å². The fourth-order valence-corrected chi connectivity index (χ4v) is 2.37. The van der Waals surface area contributed by atoms with Gasteiger partial charge < -0.3 is 9.26 Å². The molecular formula is C16H16Cl2N2O3. The third-order valence-corrected chi connectivity index (χ3v) is 3.83. The molecule has 0 bridgehead atoms. The van der Waals surface area contributed by atoms with Crippen LogP contribution in [-0.4, -0.2) is 22.2 Å². The summed E-state index contributed by atoms with van der Waals surface area (Å²) in [7, 11) is 0. The fourth-order valence-electron chi connectivity index (χ4n) is 1.88. The van der Waals surface area contributed by atoms with Gasteiger partial charge in [0.1, 0.15) is 6.10 Å². The Bertz CT molecular complexity index is 689. The largest absolute Gasteiger partial charge is 0.458 e. The monoisotopic (exact) mass is 354 g/mol. The number of esters is 1. The van der Waals surface area contributed by atoms with Crippen LogP contribution in [0.5, 0.6) is 0 Å². The number of nitrogens with zero attached hydrogens (tertiary/aromatic N) is 2. The molecule has 0 radical (unpaired) electrons. The molecule has 0 fully saturated rings. The highest BCUT2D eigenvalue weighted by molar-refractivity contribution is 6.37. The molecule has 2 aromatic rings. The third kappa shape index (κ3) is 4.56. The summed E-state index contributed by atoms with van der Waals surface area (Å²) in [6, 6.07) is 1.50. The van der Waals surface area contributed by atoms with E-state index in [1.165, 1.54) is 18.5 Å². The van der Waals surface area contributed by atoms with Gasteiger partial charge in [-0.3, -0.25) is 4.98 Å². The summed E-state index contributed by atoms with van der Waals surface area (Å²) < 4.78 is 10.4. The van der Waals surface area contributed by atoms with E-state index >= 15 is 0 Å². The lowest BCUT2D eigenvalue weighted by molar-refractivity contribution is 0.0273. The zero-order valence-electron chi connectivity index (χ0n) is 12.8. The Morgan fingerprint density at radius 2 is 1.91 bits per heavy atom. The van der Waals surface area contributed by atoms with Gasteiger partial charge >= 0.3 is 5.97 Å². The first-order valence-electron chi connectivity index (χ1n) is 7.19. The quantitative estimate of drug-likeness (QED) is 0.690. The second kappa shape index (κ2) is 8.13. The van der Waals surface area contributed by atoms with E-state index < -0.39 is 5.97 Å². The SMILES string of the molecule is CCC(CC)OC(=O)c1cc(/C=C/c2c(Cl)cncc2Cl)on1. The number of ether oxygens (including phenoxy) is 1. The van der Waals surface area contributed by atoms with Gasteiger partial charge in [-0.25, -0.2) is 4.79 Å². The van der Waals surface area contributed by atoms with Crippen molar-refractivity contribution in [3.05, 3.63) is 45.5 Å². The summed E-state index contributed by atoms with van der Waals surface area (Å²) in [5.41, 5.74) is 0.740. The maximum atomic E-state index is 11.9. The molecule has 0 N–H and O–H groups in total. The predicted molar refractivity (Wildman–Crippen MR) is 89.5 cm³/mol. The zero-order valence-corrected chi connectivity index (χ0v) is 14.3. The van der Waals surface area contributed by atoms with Gasteiger partial charge in [0.15, 0.2) is 11.5 Å². The molecule has 0 atom stereocenters. The highest BCUT2D eigenvalue weighted by Gasteiger charge is 2.17. The van der Waals surface area contributed by atoms with Gasteiger partial charge in [-0.2, -0.15) is 0 Å². The molecule has 0 aliphatic rings. The van der Waals surface area contributed by atoms with Gasteiger partial charge in [0.2, 0.25) is 0 Å². The van der Waals surface area contributed by atoms with Crippen LogP contribution in [0.15, 0.2) is 23.0 Å². The second-order valence-electron chi connectivity index (χ2n) is 4.81. The molecule has 0 unspecified atom stereocenters. The minimum Gasteiger partial charge on any atom is -0.458 e. The van der Waals surface area contributed by atoms with Crippen LogP contribution in [0, 0.1) is 0 Å². The van der Waals surface area contributed by atoms with E-state index in [1.807, 2.05) is 13.8 Å². The lowest BCUT2D eigenvalue weighted by Crippen LogP contribution is -2.16. The van der Waals surface area contributed by atoms with Crippen LogP contribution >= 0.6 is 23.2 Å². The number of carbonyl (C=O) groups is 1. The molecule has 7 heteroatoms. The van der Waals surface area contributed by atoms with Gasteiger partial charge in [-0.15, -0.1) is 0 Å². The van der Waals surface area contributed by atoms with E-state index in [4.69, 9.17) is 32.5 Å². The van der Waals surface area contributed by atoms with Gasteiger partial charge in [-0.05, 0) is 25.0 Å². The van der Waals surface area contributed by atoms with Crippen molar-refractivity contribution >= 4 is 41.3 Å². The number of hydrogen-bond donors (Lipinski definition) is 0. The van der Waals surface area contributed by atoms with E-state index in [-0.39, 0.29) is 11.8 Å².